The van der Waals surface area contributed by atoms with Crippen molar-refractivity contribution in [1.29, 1.82) is 0 Å². The first-order valence-corrected chi connectivity index (χ1v) is 7.18. The standard InChI is InChI=1S/C14H13F3N2OS/c1-2-10(9-6-4-3-5-7-9)12(20)19-13-18-11(8-21-13)14(15,16)17/h3-8,10H,2H2,1H3,(H,18,19,20). The number of hydrogen-bond acceptors (Lipinski definition) is 3. The number of carbonyl (C=O) groups excluding carboxylic acids is 1. The lowest BCUT2D eigenvalue weighted by Gasteiger charge is -2.14. The number of nitrogens with one attached hydrogen (secondary N) is 1. The summed E-state index contributed by atoms with van der Waals surface area (Å²) in [6, 6.07) is 9.10. The second-order valence-corrected chi connectivity index (χ2v) is 5.25. The molecule has 0 aliphatic carbocycles. The molecule has 1 atom stereocenters. The lowest BCUT2D eigenvalue weighted by atomic mass is 9.96. The van der Waals surface area contributed by atoms with Crippen LogP contribution in [0.15, 0.2) is 35.7 Å². The van der Waals surface area contributed by atoms with Crippen molar-refractivity contribution in [3.05, 3.63) is 47.0 Å². The van der Waals surface area contributed by atoms with Gasteiger partial charge in [-0.2, -0.15) is 13.2 Å². The molecule has 112 valence electrons. The Morgan fingerprint density at radius 3 is 2.52 bits per heavy atom. The minimum atomic E-state index is -4.50. The summed E-state index contributed by atoms with van der Waals surface area (Å²) in [6.07, 6.45) is -3.95. The normalized spacial score (nSPS) is 13.0. The summed E-state index contributed by atoms with van der Waals surface area (Å²) in [7, 11) is 0. The number of amides is 1. The summed E-state index contributed by atoms with van der Waals surface area (Å²) >= 11 is 0.765. The molecule has 21 heavy (non-hydrogen) atoms. The second-order valence-electron chi connectivity index (χ2n) is 4.40. The Balaban J connectivity index is 2.11. The largest absolute Gasteiger partial charge is 0.434 e. The maximum atomic E-state index is 12.5. The van der Waals surface area contributed by atoms with Gasteiger partial charge in [-0.3, -0.25) is 4.79 Å². The highest BCUT2D eigenvalue weighted by atomic mass is 32.1. The molecule has 1 heterocycles. The Morgan fingerprint density at radius 2 is 2.00 bits per heavy atom. The summed E-state index contributed by atoms with van der Waals surface area (Å²) in [5.41, 5.74) is -0.166. The van der Waals surface area contributed by atoms with E-state index in [-0.39, 0.29) is 11.0 Å². The zero-order chi connectivity index (χ0) is 15.5. The van der Waals surface area contributed by atoms with E-state index < -0.39 is 17.8 Å². The van der Waals surface area contributed by atoms with Crippen LogP contribution in [0.3, 0.4) is 0 Å². The third-order valence-corrected chi connectivity index (χ3v) is 3.71. The van der Waals surface area contributed by atoms with Crippen molar-refractivity contribution in [1.82, 2.24) is 4.98 Å². The first-order valence-electron chi connectivity index (χ1n) is 6.30. The van der Waals surface area contributed by atoms with Gasteiger partial charge < -0.3 is 5.32 Å². The van der Waals surface area contributed by atoms with E-state index in [4.69, 9.17) is 0 Å². The van der Waals surface area contributed by atoms with Crippen LogP contribution < -0.4 is 5.32 Å². The van der Waals surface area contributed by atoms with Crippen LogP contribution in [0.2, 0.25) is 0 Å². The van der Waals surface area contributed by atoms with E-state index in [0.29, 0.717) is 6.42 Å². The van der Waals surface area contributed by atoms with Crippen LogP contribution in [-0.4, -0.2) is 10.9 Å². The molecule has 1 N–H and O–H groups in total. The molecule has 0 spiro atoms. The van der Waals surface area contributed by atoms with Crippen molar-refractivity contribution in [2.75, 3.05) is 5.32 Å². The van der Waals surface area contributed by atoms with Crippen LogP contribution in [0.25, 0.3) is 0 Å². The predicted molar refractivity (Wildman–Crippen MR) is 75.2 cm³/mol. The second kappa shape index (κ2) is 6.26. The molecule has 0 bridgehead atoms. The number of hydrogen-bond donors (Lipinski definition) is 1. The number of carbonyl (C=O) groups is 1. The predicted octanol–water partition coefficient (Wildman–Crippen LogP) is 4.29. The van der Waals surface area contributed by atoms with Crippen molar-refractivity contribution in [3.63, 3.8) is 0 Å². The molecule has 2 aromatic rings. The molecule has 0 fully saturated rings. The minimum absolute atomic E-state index is 0.0401. The van der Waals surface area contributed by atoms with Gasteiger partial charge in [-0.25, -0.2) is 4.98 Å². The molecule has 2 rings (SSSR count). The molecule has 7 heteroatoms. The third-order valence-electron chi connectivity index (χ3n) is 2.95. The van der Waals surface area contributed by atoms with Gasteiger partial charge in [0.2, 0.25) is 5.91 Å². The summed E-state index contributed by atoms with van der Waals surface area (Å²) in [5.74, 6) is -0.767. The fraction of sp³-hybridized carbons (Fsp3) is 0.286. The van der Waals surface area contributed by atoms with Gasteiger partial charge in [0.05, 0.1) is 5.92 Å². The van der Waals surface area contributed by atoms with Gasteiger partial charge in [0.25, 0.3) is 0 Å². The first-order chi connectivity index (χ1) is 9.91. The Morgan fingerprint density at radius 1 is 1.33 bits per heavy atom. The third kappa shape index (κ3) is 3.81. The Kier molecular flexibility index (Phi) is 4.62. The van der Waals surface area contributed by atoms with Crippen molar-refractivity contribution in [3.8, 4) is 0 Å². The van der Waals surface area contributed by atoms with E-state index >= 15 is 0 Å². The van der Waals surface area contributed by atoms with Gasteiger partial charge in [-0.05, 0) is 12.0 Å². The zero-order valence-corrected chi connectivity index (χ0v) is 12.0. The molecule has 1 amide bonds. The van der Waals surface area contributed by atoms with Crippen LogP contribution in [-0.2, 0) is 11.0 Å². The lowest BCUT2D eigenvalue weighted by Crippen LogP contribution is -2.20. The molecule has 1 aromatic carbocycles. The SMILES string of the molecule is CCC(C(=O)Nc1nc(C(F)(F)F)cs1)c1ccccc1. The van der Waals surface area contributed by atoms with Gasteiger partial charge in [0.15, 0.2) is 10.8 Å². The van der Waals surface area contributed by atoms with Crippen molar-refractivity contribution < 1.29 is 18.0 Å². The number of nitrogens with zero attached hydrogens (tertiary/aromatic N) is 1. The average molecular weight is 314 g/mol. The topological polar surface area (TPSA) is 42.0 Å². The number of halogens is 3. The average Bonchev–Trinajstić information content (AvgIpc) is 2.89. The molecule has 0 aliphatic rings. The molecular formula is C14H13F3N2OS. The number of benzene rings is 1. The van der Waals surface area contributed by atoms with Gasteiger partial charge in [0.1, 0.15) is 0 Å². The van der Waals surface area contributed by atoms with Gasteiger partial charge >= 0.3 is 6.18 Å². The summed E-state index contributed by atoms with van der Waals surface area (Å²) < 4.78 is 37.4. The molecule has 3 nitrogen and oxygen atoms in total. The van der Waals surface area contributed by atoms with E-state index in [0.717, 1.165) is 22.3 Å². The molecular weight excluding hydrogens is 301 g/mol. The number of aromatic nitrogens is 1. The number of rotatable bonds is 4. The van der Waals surface area contributed by atoms with E-state index in [2.05, 4.69) is 10.3 Å². The van der Waals surface area contributed by atoms with Crippen LogP contribution >= 0.6 is 11.3 Å². The monoisotopic (exact) mass is 314 g/mol. The number of thiazole rings is 1. The molecule has 0 aliphatic heterocycles. The molecule has 1 aromatic heterocycles. The van der Waals surface area contributed by atoms with Gasteiger partial charge in [-0.1, -0.05) is 37.3 Å². The lowest BCUT2D eigenvalue weighted by molar-refractivity contribution is -0.140. The number of anilines is 1. The maximum Gasteiger partial charge on any atom is 0.434 e. The quantitative estimate of drug-likeness (QED) is 0.914. The minimum Gasteiger partial charge on any atom is -0.301 e. The fourth-order valence-electron chi connectivity index (χ4n) is 1.91. The Hall–Kier alpha value is -1.89. The highest BCUT2D eigenvalue weighted by Crippen LogP contribution is 2.32. The summed E-state index contributed by atoms with van der Waals surface area (Å²) in [6.45, 7) is 1.85. The van der Waals surface area contributed by atoms with Crippen molar-refractivity contribution in [2.45, 2.75) is 25.4 Å². The smallest absolute Gasteiger partial charge is 0.301 e. The summed E-state index contributed by atoms with van der Waals surface area (Å²) in [4.78, 5) is 15.6. The zero-order valence-electron chi connectivity index (χ0n) is 11.1. The highest BCUT2D eigenvalue weighted by Gasteiger charge is 2.34. The molecule has 0 saturated carbocycles. The summed E-state index contributed by atoms with van der Waals surface area (Å²) in [5, 5.41) is 3.30. The molecule has 1 unspecified atom stereocenters. The van der Waals surface area contributed by atoms with Crippen LogP contribution in [0, 0.1) is 0 Å². The van der Waals surface area contributed by atoms with E-state index in [1.54, 1.807) is 0 Å². The fourth-order valence-corrected chi connectivity index (χ4v) is 2.63. The van der Waals surface area contributed by atoms with Gasteiger partial charge in [-0.15, -0.1) is 11.3 Å². The first kappa shape index (κ1) is 15.5. The van der Waals surface area contributed by atoms with E-state index in [9.17, 15) is 18.0 Å². The molecule has 0 radical (unpaired) electrons. The van der Waals surface area contributed by atoms with E-state index in [1.807, 2.05) is 37.3 Å². The Labute approximate surface area is 123 Å². The van der Waals surface area contributed by atoms with Crippen LogP contribution in [0.4, 0.5) is 18.3 Å². The maximum absolute atomic E-state index is 12.5. The Bertz CT molecular complexity index is 610. The van der Waals surface area contributed by atoms with Crippen LogP contribution in [0.1, 0.15) is 30.5 Å². The van der Waals surface area contributed by atoms with E-state index in [1.165, 1.54) is 0 Å². The van der Waals surface area contributed by atoms with Gasteiger partial charge in [0, 0.05) is 5.38 Å². The number of alkyl halides is 3. The van der Waals surface area contributed by atoms with Crippen molar-refractivity contribution >= 4 is 22.4 Å². The molecule has 0 saturated heterocycles. The van der Waals surface area contributed by atoms with Crippen LogP contribution in [0.5, 0.6) is 0 Å². The highest BCUT2D eigenvalue weighted by molar-refractivity contribution is 7.13. The van der Waals surface area contributed by atoms with Crippen molar-refractivity contribution in [2.24, 2.45) is 0 Å².